The molecule has 4 heterocycles. The molecule has 4 aromatic rings. The highest BCUT2D eigenvalue weighted by atomic mass is 16.1. The van der Waals surface area contributed by atoms with Crippen molar-refractivity contribution >= 4 is 5.69 Å². The quantitative estimate of drug-likeness (QED) is 0.466. The first-order valence-electron chi connectivity index (χ1n) is 11.0. The summed E-state index contributed by atoms with van der Waals surface area (Å²) in [4.78, 5) is 26.3. The van der Waals surface area contributed by atoms with E-state index in [0.29, 0.717) is 17.9 Å². The number of aromatic nitrogens is 6. The summed E-state index contributed by atoms with van der Waals surface area (Å²) in [5.74, 6) is 0.670. The maximum absolute atomic E-state index is 12.4. The van der Waals surface area contributed by atoms with Gasteiger partial charge in [0.25, 0.3) is 0 Å². The van der Waals surface area contributed by atoms with Crippen molar-refractivity contribution in [2.24, 2.45) is 7.05 Å². The zero-order valence-corrected chi connectivity index (χ0v) is 18.8. The van der Waals surface area contributed by atoms with Gasteiger partial charge in [0.05, 0.1) is 30.5 Å². The van der Waals surface area contributed by atoms with E-state index in [9.17, 15) is 4.79 Å². The second-order valence-corrected chi connectivity index (χ2v) is 8.38. The molecule has 1 aliphatic heterocycles. The Bertz CT molecular complexity index is 1300. The number of aryl methyl sites for hydroxylation is 1. The Morgan fingerprint density at radius 3 is 2.45 bits per heavy atom. The van der Waals surface area contributed by atoms with Gasteiger partial charge in [-0.3, -0.25) is 9.48 Å². The van der Waals surface area contributed by atoms with Crippen molar-refractivity contribution in [1.29, 1.82) is 0 Å². The van der Waals surface area contributed by atoms with Gasteiger partial charge in [0.15, 0.2) is 5.82 Å². The Balaban J connectivity index is 1.35. The molecule has 0 amide bonds. The van der Waals surface area contributed by atoms with Gasteiger partial charge in [0.2, 0.25) is 5.43 Å². The average molecular weight is 443 g/mol. The van der Waals surface area contributed by atoms with E-state index in [1.165, 1.54) is 0 Å². The Morgan fingerprint density at radius 1 is 0.939 bits per heavy atom. The fourth-order valence-electron chi connectivity index (χ4n) is 3.95. The molecule has 33 heavy (non-hydrogen) atoms. The normalized spacial score (nSPS) is 14.5. The smallest absolute Gasteiger partial charge is 0.203 e. The lowest BCUT2D eigenvalue weighted by Gasteiger charge is -2.33. The van der Waals surface area contributed by atoms with Crippen LogP contribution in [0.25, 0.3) is 17.1 Å². The molecule has 0 saturated carbocycles. The van der Waals surface area contributed by atoms with Crippen molar-refractivity contribution in [3.8, 4) is 17.1 Å². The third-order valence-electron chi connectivity index (χ3n) is 5.90. The van der Waals surface area contributed by atoms with Gasteiger partial charge in [-0.2, -0.15) is 10.2 Å². The minimum atomic E-state index is -0.0895. The molecule has 0 spiro atoms. The van der Waals surface area contributed by atoms with Crippen LogP contribution in [-0.4, -0.2) is 67.7 Å². The van der Waals surface area contributed by atoms with Crippen LogP contribution in [-0.2, 0) is 13.5 Å². The molecule has 3 aromatic heterocycles. The molecule has 1 fully saturated rings. The highest BCUT2D eigenvalue weighted by Crippen LogP contribution is 2.20. The maximum Gasteiger partial charge on any atom is 0.203 e. The van der Waals surface area contributed by atoms with E-state index in [2.05, 4.69) is 37.0 Å². The van der Waals surface area contributed by atoms with Crippen LogP contribution in [0.3, 0.4) is 0 Å². The molecule has 1 aliphatic rings. The molecule has 1 aromatic carbocycles. The van der Waals surface area contributed by atoms with Gasteiger partial charge >= 0.3 is 0 Å². The van der Waals surface area contributed by atoms with Crippen LogP contribution in [0.1, 0.15) is 11.3 Å². The van der Waals surface area contributed by atoms with E-state index in [4.69, 9.17) is 0 Å². The number of piperazine rings is 1. The number of nitrogens with zero attached hydrogens (tertiary/aromatic N) is 8. The third-order valence-corrected chi connectivity index (χ3v) is 5.90. The molecule has 0 atom stereocenters. The monoisotopic (exact) mass is 442 g/mol. The van der Waals surface area contributed by atoms with Crippen LogP contribution in [0.2, 0.25) is 0 Å². The largest absolute Gasteiger partial charge is 0.366 e. The number of benzene rings is 1. The van der Waals surface area contributed by atoms with Gasteiger partial charge in [-0.15, -0.1) is 0 Å². The van der Waals surface area contributed by atoms with Gasteiger partial charge < -0.3 is 9.80 Å². The highest BCUT2D eigenvalue weighted by Gasteiger charge is 2.15. The molecule has 0 bridgehead atoms. The number of hydrogen-bond donors (Lipinski definition) is 0. The van der Waals surface area contributed by atoms with Gasteiger partial charge in [-0.1, -0.05) is 18.2 Å². The second-order valence-electron chi connectivity index (χ2n) is 8.38. The Morgan fingerprint density at radius 2 is 1.73 bits per heavy atom. The molecule has 0 radical (unpaired) electrons. The van der Waals surface area contributed by atoms with Crippen molar-refractivity contribution in [2.75, 3.05) is 38.1 Å². The summed E-state index contributed by atoms with van der Waals surface area (Å²) < 4.78 is 3.38. The first-order chi connectivity index (χ1) is 16.0. The van der Waals surface area contributed by atoms with E-state index < -0.39 is 0 Å². The van der Waals surface area contributed by atoms with E-state index in [0.717, 1.165) is 48.7 Å². The van der Waals surface area contributed by atoms with Crippen LogP contribution >= 0.6 is 0 Å². The summed E-state index contributed by atoms with van der Waals surface area (Å²) in [6, 6.07) is 9.50. The lowest BCUT2D eigenvalue weighted by Crippen LogP contribution is -2.44. The van der Waals surface area contributed by atoms with Crippen LogP contribution in [0, 0.1) is 0 Å². The SMILES string of the molecule is CN1CCN(c2cnc(-c3cccc(Cc4nn(-c5cnn(C)c5)ccc4=O)c3)nc2)CC1. The lowest BCUT2D eigenvalue weighted by atomic mass is 10.1. The molecular weight excluding hydrogens is 416 g/mol. The lowest BCUT2D eigenvalue weighted by molar-refractivity contribution is 0.312. The van der Waals surface area contributed by atoms with E-state index >= 15 is 0 Å². The van der Waals surface area contributed by atoms with Gasteiger partial charge in [0, 0.05) is 57.5 Å². The summed E-state index contributed by atoms with van der Waals surface area (Å²) in [6.07, 6.45) is 9.44. The minimum Gasteiger partial charge on any atom is -0.366 e. The predicted octanol–water partition coefficient (Wildman–Crippen LogP) is 1.77. The Labute approximate surface area is 191 Å². The molecule has 9 heteroatoms. The average Bonchev–Trinajstić information content (AvgIpc) is 3.28. The fraction of sp³-hybridized carbons (Fsp3) is 0.292. The van der Waals surface area contributed by atoms with E-state index in [-0.39, 0.29) is 5.43 Å². The first-order valence-corrected chi connectivity index (χ1v) is 11.0. The van der Waals surface area contributed by atoms with Crippen LogP contribution in [0.4, 0.5) is 5.69 Å². The fourth-order valence-corrected chi connectivity index (χ4v) is 3.95. The van der Waals surface area contributed by atoms with E-state index in [1.54, 1.807) is 27.8 Å². The number of hydrogen-bond acceptors (Lipinski definition) is 7. The van der Waals surface area contributed by atoms with Crippen LogP contribution in [0.15, 0.2) is 66.1 Å². The zero-order valence-electron chi connectivity index (χ0n) is 18.8. The van der Waals surface area contributed by atoms with Crippen molar-refractivity contribution < 1.29 is 0 Å². The molecule has 1 saturated heterocycles. The summed E-state index contributed by atoms with van der Waals surface area (Å²) in [6.45, 7) is 4.05. The van der Waals surface area contributed by atoms with Crippen LogP contribution < -0.4 is 10.3 Å². The topological polar surface area (TPSA) is 85.0 Å². The summed E-state index contributed by atoms with van der Waals surface area (Å²) in [5.41, 5.74) is 4.14. The molecule has 0 unspecified atom stereocenters. The third kappa shape index (κ3) is 4.68. The van der Waals surface area contributed by atoms with Gasteiger partial charge in [0.1, 0.15) is 11.4 Å². The summed E-state index contributed by atoms with van der Waals surface area (Å²) in [5, 5.41) is 8.71. The molecular formula is C24H26N8O. The Hall–Kier alpha value is -3.85. The van der Waals surface area contributed by atoms with Crippen LogP contribution in [0.5, 0.6) is 0 Å². The molecule has 5 rings (SSSR count). The van der Waals surface area contributed by atoms with Crippen molar-refractivity contribution in [3.05, 3.63) is 82.8 Å². The molecule has 168 valence electrons. The molecule has 9 nitrogen and oxygen atoms in total. The van der Waals surface area contributed by atoms with E-state index in [1.807, 2.05) is 49.9 Å². The van der Waals surface area contributed by atoms with Crippen molar-refractivity contribution in [1.82, 2.24) is 34.4 Å². The number of rotatable bonds is 5. The van der Waals surface area contributed by atoms with Gasteiger partial charge in [-0.25, -0.2) is 14.6 Å². The first kappa shape index (κ1) is 21.0. The summed E-state index contributed by atoms with van der Waals surface area (Å²) >= 11 is 0. The highest BCUT2D eigenvalue weighted by molar-refractivity contribution is 5.58. The van der Waals surface area contributed by atoms with Gasteiger partial charge in [-0.05, 0) is 18.7 Å². The second kappa shape index (κ2) is 8.95. The van der Waals surface area contributed by atoms with Crippen molar-refractivity contribution in [2.45, 2.75) is 6.42 Å². The number of likely N-dealkylation sites (N-methyl/N-ethyl adjacent to an activating group) is 1. The standard InChI is InChI=1S/C24H26N8O/c1-29-8-10-31(11-9-29)20-14-25-24(26-15-20)19-5-3-4-18(12-19)13-22-23(33)6-7-32(28-22)21-16-27-30(2)17-21/h3-7,12,14-17H,8-11,13H2,1-2H3. The Kier molecular flexibility index (Phi) is 5.70. The summed E-state index contributed by atoms with van der Waals surface area (Å²) in [7, 11) is 3.99. The molecule has 0 N–H and O–H groups in total. The van der Waals surface area contributed by atoms with Crippen molar-refractivity contribution in [3.63, 3.8) is 0 Å². The predicted molar refractivity (Wildman–Crippen MR) is 127 cm³/mol. The maximum atomic E-state index is 12.4. The zero-order chi connectivity index (χ0) is 22.8. The number of anilines is 1. The minimum absolute atomic E-state index is 0.0895. The molecule has 0 aliphatic carbocycles.